The minimum atomic E-state index is -0.144. The van der Waals surface area contributed by atoms with Crippen LogP contribution in [0.5, 0.6) is 0 Å². The molecular weight excluding hydrogens is 268 g/mol. The molecule has 3 heterocycles. The average molecular weight is 284 g/mol. The molecule has 0 saturated carbocycles. The number of furan rings is 1. The number of hydrogen-bond acceptors (Lipinski definition) is 4. The molecule has 0 amide bonds. The maximum absolute atomic E-state index is 12.5. The van der Waals surface area contributed by atoms with Crippen LogP contribution in [0.3, 0.4) is 0 Å². The summed E-state index contributed by atoms with van der Waals surface area (Å²) in [5.74, 6) is 1.63. The van der Waals surface area contributed by atoms with Crippen LogP contribution in [0, 0.1) is 18.3 Å². The minimum Gasteiger partial charge on any atom is -0.460 e. The molecule has 6 nitrogen and oxygen atoms in total. The first-order valence-electron chi connectivity index (χ1n) is 7.04. The molecule has 0 radical (unpaired) electrons. The zero-order valence-corrected chi connectivity index (χ0v) is 12.1. The van der Waals surface area contributed by atoms with Crippen molar-refractivity contribution in [1.82, 2.24) is 14.2 Å². The molecule has 0 unspecified atom stereocenters. The first-order valence-corrected chi connectivity index (χ1v) is 7.04. The lowest BCUT2D eigenvalue weighted by Crippen LogP contribution is -2.27. The van der Waals surface area contributed by atoms with Gasteiger partial charge in [0.2, 0.25) is 0 Å². The average Bonchev–Trinajstić information content (AvgIpc) is 2.98. The van der Waals surface area contributed by atoms with Gasteiger partial charge in [0.1, 0.15) is 17.1 Å². The third-order valence-corrected chi connectivity index (χ3v) is 3.54. The lowest BCUT2D eigenvalue weighted by molar-refractivity contribution is 0.535. The summed E-state index contributed by atoms with van der Waals surface area (Å²) in [6, 6.07) is 5.77. The summed E-state index contributed by atoms with van der Waals surface area (Å²) in [5.41, 5.74) is 2.02. The van der Waals surface area contributed by atoms with Crippen LogP contribution in [0.4, 0.5) is 0 Å². The predicted octanol–water partition coefficient (Wildman–Crippen LogP) is 2.42. The summed E-state index contributed by atoms with van der Waals surface area (Å²) < 4.78 is 8.93. The third-order valence-electron chi connectivity index (χ3n) is 3.54. The molecule has 0 aliphatic rings. The zero-order valence-electron chi connectivity index (χ0n) is 12.1. The molecule has 0 aliphatic carbocycles. The molecule has 0 aromatic carbocycles. The van der Waals surface area contributed by atoms with Crippen molar-refractivity contribution in [3.63, 3.8) is 0 Å². The van der Waals surface area contributed by atoms with Gasteiger partial charge in [-0.05, 0) is 13.3 Å². The van der Waals surface area contributed by atoms with Crippen LogP contribution in [0.1, 0.15) is 31.4 Å². The fraction of sp³-hybridized carbons (Fsp3) is 0.400. The zero-order chi connectivity index (χ0) is 15.0. The highest BCUT2D eigenvalue weighted by atomic mass is 16.3. The molecule has 0 bridgehead atoms. The number of aromatic nitrogens is 3. The van der Waals surface area contributed by atoms with E-state index in [0.29, 0.717) is 36.9 Å². The van der Waals surface area contributed by atoms with Gasteiger partial charge >= 0.3 is 0 Å². The Morgan fingerprint density at radius 2 is 2.19 bits per heavy atom. The van der Waals surface area contributed by atoms with Crippen molar-refractivity contribution in [3.8, 4) is 6.07 Å². The van der Waals surface area contributed by atoms with Gasteiger partial charge in [0.05, 0.1) is 11.6 Å². The molecule has 3 aromatic heterocycles. The van der Waals surface area contributed by atoms with E-state index in [-0.39, 0.29) is 5.56 Å². The predicted molar refractivity (Wildman–Crippen MR) is 78.2 cm³/mol. The largest absolute Gasteiger partial charge is 0.460 e. The lowest BCUT2D eigenvalue weighted by atomic mass is 10.3. The van der Waals surface area contributed by atoms with E-state index in [1.807, 2.05) is 24.3 Å². The van der Waals surface area contributed by atoms with Gasteiger partial charge in [0.25, 0.3) is 5.56 Å². The first-order chi connectivity index (χ1) is 10.2. The number of hydrogen-bond donors (Lipinski definition) is 0. The Morgan fingerprint density at radius 3 is 2.90 bits per heavy atom. The van der Waals surface area contributed by atoms with Crippen LogP contribution in [-0.4, -0.2) is 14.2 Å². The van der Waals surface area contributed by atoms with E-state index >= 15 is 0 Å². The molecule has 0 fully saturated rings. The molecule has 108 valence electrons. The summed E-state index contributed by atoms with van der Waals surface area (Å²) in [4.78, 5) is 12.5. The number of rotatable bonds is 4. The molecule has 0 N–H and O–H groups in total. The van der Waals surface area contributed by atoms with Crippen molar-refractivity contribution < 1.29 is 4.42 Å². The fourth-order valence-electron chi connectivity index (χ4n) is 2.60. The van der Waals surface area contributed by atoms with Gasteiger partial charge in [-0.2, -0.15) is 10.4 Å². The molecule has 21 heavy (non-hydrogen) atoms. The third kappa shape index (κ3) is 2.11. The number of fused-ring (bicyclic) bond motifs is 3. The Morgan fingerprint density at radius 1 is 1.38 bits per heavy atom. The second-order valence-corrected chi connectivity index (χ2v) is 5.03. The van der Waals surface area contributed by atoms with Crippen molar-refractivity contribution in [3.05, 3.63) is 34.1 Å². The normalized spacial score (nSPS) is 11.3. The Hall–Kier alpha value is -2.55. The maximum Gasteiger partial charge on any atom is 0.291 e. The van der Waals surface area contributed by atoms with Crippen LogP contribution < -0.4 is 5.56 Å². The Balaban J connectivity index is 2.23. The van der Waals surface area contributed by atoms with Crippen molar-refractivity contribution in [2.75, 3.05) is 0 Å². The second kappa shape index (κ2) is 5.09. The quantitative estimate of drug-likeness (QED) is 0.689. The van der Waals surface area contributed by atoms with E-state index < -0.39 is 0 Å². The Kier molecular flexibility index (Phi) is 3.26. The van der Waals surface area contributed by atoms with Gasteiger partial charge in [-0.3, -0.25) is 9.20 Å². The molecular formula is C15H16N4O2. The number of nitrogens with zero attached hydrogens (tertiary/aromatic N) is 4. The second-order valence-electron chi connectivity index (χ2n) is 5.03. The van der Waals surface area contributed by atoms with Crippen LogP contribution >= 0.6 is 0 Å². The van der Waals surface area contributed by atoms with Crippen LogP contribution in [-0.2, 0) is 13.0 Å². The highest BCUT2D eigenvalue weighted by molar-refractivity contribution is 5.83. The molecule has 0 atom stereocenters. The van der Waals surface area contributed by atoms with Gasteiger partial charge in [0.15, 0.2) is 5.58 Å². The van der Waals surface area contributed by atoms with Crippen molar-refractivity contribution in [1.29, 1.82) is 5.26 Å². The molecule has 3 rings (SSSR count). The molecule has 0 spiro atoms. The highest BCUT2D eigenvalue weighted by Crippen LogP contribution is 2.23. The van der Waals surface area contributed by atoms with Gasteiger partial charge < -0.3 is 4.42 Å². The molecule has 6 heteroatoms. The monoisotopic (exact) mass is 284 g/mol. The topological polar surface area (TPSA) is 76.2 Å². The van der Waals surface area contributed by atoms with Gasteiger partial charge in [0, 0.05) is 31.5 Å². The molecule has 0 saturated heterocycles. The summed E-state index contributed by atoms with van der Waals surface area (Å²) in [6.07, 6.45) is 1.75. The first kappa shape index (κ1) is 13.4. The fourth-order valence-corrected chi connectivity index (χ4v) is 2.60. The number of unbranched alkanes of at least 4 members (excludes halogenated alkanes) is 1. The minimum absolute atomic E-state index is 0.144. The Bertz CT molecular complexity index is 908. The van der Waals surface area contributed by atoms with Gasteiger partial charge in [-0.15, -0.1) is 0 Å². The van der Waals surface area contributed by atoms with Crippen LogP contribution in [0.15, 0.2) is 21.3 Å². The smallest absolute Gasteiger partial charge is 0.291 e. The van der Waals surface area contributed by atoms with E-state index in [0.717, 1.165) is 17.1 Å². The summed E-state index contributed by atoms with van der Waals surface area (Å²) in [5, 5.41) is 13.0. The molecule has 0 aliphatic heterocycles. The Labute approximate surface area is 121 Å². The van der Waals surface area contributed by atoms with Gasteiger partial charge in [-0.1, -0.05) is 6.92 Å². The number of aryl methyl sites for hydroxylation is 3. The van der Waals surface area contributed by atoms with Gasteiger partial charge in [-0.25, -0.2) is 4.68 Å². The van der Waals surface area contributed by atoms with E-state index in [1.54, 1.807) is 6.07 Å². The van der Waals surface area contributed by atoms with Crippen molar-refractivity contribution >= 4 is 16.6 Å². The van der Waals surface area contributed by atoms with E-state index in [2.05, 4.69) is 11.2 Å². The van der Waals surface area contributed by atoms with E-state index in [4.69, 9.17) is 9.68 Å². The summed E-state index contributed by atoms with van der Waals surface area (Å²) in [6.45, 7) is 4.35. The lowest BCUT2D eigenvalue weighted by Gasteiger charge is -2.08. The standard InChI is InChI=1S/C15H16N4O2/c1-3-14-17-18(7-5-4-6-16)15(20)12-9-13-11(19(12)14)8-10(2)21-13/h8-9H,3-5,7H2,1-2H3. The maximum atomic E-state index is 12.5. The van der Waals surface area contributed by atoms with E-state index in [9.17, 15) is 4.79 Å². The SMILES string of the molecule is CCc1nn(CCCC#N)c(=O)c2cc3oc(C)cc3n12. The summed E-state index contributed by atoms with van der Waals surface area (Å²) in [7, 11) is 0. The summed E-state index contributed by atoms with van der Waals surface area (Å²) >= 11 is 0. The van der Waals surface area contributed by atoms with Crippen LogP contribution in [0.25, 0.3) is 16.6 Å². The number of nitriles is 1. The van der Waals surface area contributed by atoms with Crippen molar-refractivity contribution in [2.24, 2.45) is 0 Å². The van der Waals surface area contributed by atoms with Crippen molar-refractivity contribution in [2.45, 2.75) is 39.7 Å². The highest BCUT2D eigenvalue weighted by Gasteiger charge is 2.15. The van der Waals surface area contributed by atoms with Crippen LogP contribution in [0.2, 0.25) is 0 Å². The van der Waals surface area contributed by atoms with E-state index in [1.165, 1.54) is 4.68 Å². The molecule has 3 aromatic rings.